The van der Waals surface area contributed by atoms with Crippen molar-refractivity contribution in [1.29, 1.82) is 0 Å². The van der Waals surface area contributed by atoms with Gasteiger partial charge in [-0.25, -0.2) is 14.2 Å². The first kappa shape index (κ1) is 19.1. The fraction of sp³-hybridized carbons (Fsp3) is 0.625. The highest BCUT2D eigenvalue weighted by Gasteiger charge is 2.38. The molecule has 1 unspecified atom stereocenters. The van der Waals surface area contributed by atoms with Gasteiger partial charge < -0.3 is 34.8 Å². The van der Waals surface area contributed by atoms with Crippen LogP contribution in [0.5, 0.6) is 0 Å². The molecule has 0 bridgehead atoms. The first-order valence-corrected chi connectivity index (χ1v) is 9.18. The van der Waals surface area contributed by atoms with Gasteiger partial charge in [0.15, 0.2) is 6.23 Å². The highest BCUT2D eigenvalue weighted by molar-refractivity contribution is 7.59. The molecule has 24 heavy (non-hydrogen) atoms. The molecule has 0 saturated carbocycles. The highest BCUT2D eigenvalue weighted by atomic mass is 31.3. The maximum atomic E-state index is 11.2. The summed E-state index contributed by atoms with van der Waals surface area (Å²) >= 11 is 0. The van der Waals surface area contributed by atoms with Crippen molar-refractivity contribution >= 4 is 21.6 Å². The Balaban J connectivity index is 1.95. The number of aromatic nitrogens is 3. The molecule has 2 heterocycles. The fourth-order valence-corrected chi connectivity index (χ4v) is 3.41. The predicted molar refractivity (Wildman–Crippen MR) is 67.5 cm³/mol. The number of rotatable bonds is 7. The Hall–Kier alpha value is -1.21. The van der Waals surface area contributed by atoms with Crippen LogP contribution in [-0.2, 0) is 22.7 Å². The van der Waals surface area contributed by atoms with Gasteiger partial charge in [0.05, 0.1) is 20.5 Å². The van der Waals surface area contributed by atoms with E-state index >= 15 is 0 Å². The van der Waals surface area contributed by atoms with Crippen molar-refractivity contribution in [2.24, 2.45) is 5.73 Å². The fourth-order valence-electron chi connectivity index (χ4n) is 1.87. The van der Waals surface area contributed by atoms with Crippen LogP contribution in [0.2, 0.25) is 0 Å². The third-order valence-electron chi connectivity index (χ3n) is 2.83. The maximum Gasteiger partial charge on any atom is 0.476 e. The van der Waals surface area contributed by atoms with Crippen LogP contribution in [-0.4, -0.2) is 49.5 Å². The van der Waals surface area contributed by atoms with E-state index in [0.717, 1.165) is 11.0 Å². The number of nitrogens with two attached hydrogens (primary N) is 1. The molecule has 4 N–H and O–H groups in total. The summed E-state index contributed by atoms with van der Waals surface area (Å²) in [5.74, 6) is -1.15. The third-order valence-corrected chi connectivity index (χ3v) is 4.93. The smallest absolute Gasteiger partial charge is 0.476 e. The van der Waals surface area contributed by atoms with Crippen LogP contribution in [0.1, 0.15) is 23.3 Å². The van der Waals surface area contributed by atoms with Crippen molar-refractivity contribution in [2.75, 3.05) is 6.61 Å². The Morgan fingerprint density at radius 1 is 1.54 bits per heavy atom. The molecule has 1 aliphatic heterocycles. The first-order chi connectivity index (χ1) is 11.0. The molecule has 0 aliphatic carbocycles. The number of ether oxygens (including phenoxy) is 1. The van der Waals surface area contributed by atoms with Crippen molar-refractivity contribution in [3.63, 3.8) is 0 Å². The van der Waals surface area contributed by atoms with Crippen LogP contribution in [0.15, 0.2) is 6.33 Å². The van der Waals surface area contributed by atoms with E-state index in [0.29, 0.717) is 0 Å². The van der Waals surface area contributed by atoms with Gasteiger partial charge in [-0.15, -0.1) is 5.10 Å². The maximum absolute atomic E-state index is 11.2. The molecule has 0 spiro atoms. The Morgan fingerprint density at radius 2 is 2.21 bits per heavy atom. The summed E-state index contributed by atoms with van der Waals surface area (Å²) < 4.78 is 35.6. The van der Waals surface area contributed by atoms with E-state index in [4.69, 9.17) is 15.4 Å². The summed E-state index contributed by atoms with van der Waals surface area (Å²) in [7, 11) is -10.9. The lowest BCUT2D eigenvalue weighted by molar-refractivity contribution is -0.334. The summed E-state index contributed by atoms with van der Waals surface area (Å²) in [6, 6.07) is 0. The predicted octanol–water partition coefficient (Wildman–Crippen LogP) is -3.01. The molecule has 14 nitrogen and oxygen atoms in total. The van der Waals surface area contributed by atoms with Crippen LogP contribution >= 0.6 is 15.6 Å². The van der Waals surface area contributed by atoms with Gasteiger partial charge in [0.2, 0.25) is 5.82 Å². The number of carbonyl (C=O) groups excluding carboxylic acids is 1. The van der Waals surface area contributed by atoms with Gasteiger partial charge in [-0.1, -0.05) is 0 Å². The molecule has 0 radical (unpaired) electrons. The zero-order valence-corrected chi connectivity index (χ0v) is 13.5. The Labute approximate surface area is 134 Å². The Bertz CT molecular complexity index is 703. The molecule has 16 heteroatoms. The van der Waals surface area contributed by atoms with Crippen LogP contribution < -0.4 is 15.5 Å². The minimum atomic E-state index is -5.74. The minimum absolute atomic E-state index is 0.0339. The van der Waals surface area contributed by atoms with Crippen molar-refractivity contribution in [1.82, 2.24) is 14.8 Å². The van der Waals surface area contributed by atoms with E-state index in [1.165, 1.54) is 0 Å². The van der Waals surface area contributed by atoms with E-state index in [1.807, 2.05) is 0 Å². The average Bonchev–Trinajstić information content (AvgIpc) is 3.00. The Morgan fingerprint density at radius 3 is 2.75 bits per heavy atom. The SMILES string of the molecule is NC(=O)c1ncn([C@H]2C[C@H](O)[C@@H](COP(=O)(O)OP(=O)([O-])[O-])O2)n1. The lowest BCUT2D eigenvalue weighted by Crippen LogP contribution is -2.26. The normalized spacial score (nSPS) is 27.1. The molecule has 0 aromatic carbocycles. The third kappa shape index (κ3) is 5.14. The van der Waals surface area contributed by atoms with Crippen LogP contribution in [0, 0.1) is 0 Å². The quantitative estimate of drug-likeness (QED) is 0.398. The molecule has 1 aliphatic rings. The van der Waals surface area contributed by atoms with Gasteiger partial charge >= 0.3 is 7.82 Å². The van der Waals surface area contributed by atoms with Gasteiger partial charge in [-0.05, 0) is 0 Å². The van der Waals surface area contributed by atoms with Gasteiger partial charge in [0, 0.05) is 6.42 Å². The number of carbonyl (C=O) groups is 1. The van der Waals surface area contributed by atoms with Crippen molar-refractivity contribution < 1.29 is 47.3 Å². The molecule has 1 saturated heterocycles. The number of primary amides is 1. The molecule has 1 fully saturated rings. The molecule has 1 aromatic rings. The van der Waals surface area contributed by atoms with Crippen molar-refractivity contribution in [3.8, 4) is 0 Å². The second kappa shape index (κ2) is 6.96. The molecule has 2 rings (SSSR count). The topological polar surface area (TPSA) is 222 Å². The second-order valence-electron chi connectivity index (χ2n) is 4.64. The monoisotopic (exact) mass is 386 g/mol. The number of aliphatic hydroxyl groups excluding tert-OH is 1. The molecular weight excluding hydrogens is 374 g/mol. The zero-order valence-electron chi connectivity index (χ0n) is 11.7. The summed E-state index contributed by atoms with van der Waals surface area (Å²) in [6.45, 7) is -0.747. The number of aliphatic hydroxyl groups is 1. The summed E-state index contributed by atoms with van der Waals surface area (Å²) in [6.07, 6.45) is -2.11. The van der Waals surface area contributed by atoms with Gasteiger partial charge in [-0.2, -0.15) is 0 Å². The number of nitrogens with zero attached hydrogens (tertiary/aromatic N) is 3. The molecule has 136 valence electrons. The van der Waals surface area contributed by atoms with Gasteiger partial charge in [0.25, 0.3) is 5.91 Å². The van der Waals surface area contributed by atoms with E-state index in [9.17, 15) is 28.8 Å². The van der Waals surface area contributed by atoms with Crippen LogP contribution in [0.3, 0.4) is 0 Å². The number of amides is 1. The number of phosphoric ester groups is 1. The first-order valence-electron chi connectivity index (χ1n) is 6.22. The highest BCUT2D eigenvalue weighted by Crippen LogP contribution is 2.54. The van der Waals surface area contributed by atoms with Gasteiger partial charge in [0.1, 0.15) is 12.4 Å². The van der Waals surface area contributed by atoms with Crippen molar-refractivity contribution in [3.05, 3.63) is 12.2 Å². The number of phosphoric acid groups is 2. The van der Waals surface area contributed by atoms with E-state index in [-0.39, 0.29) is 12.2 Å². The van der Waals surface area contributed by atoms with Crippen LogP contribution in [0.4, 0.5) is 0 Å². The Kier molecular flexibility index (Phi) is 5.54. The van der Waals surface area contributed by atoms with E-state index < -0.39 is 46.6 Å². The molecule has 1 aromatic heterocycles. The van der Waals surface area contributed by atoms with E-state index in [1.54, 1.807) is 0 Å². The standard InChI is InChI=1S/C8H14N4O10P2/c9-7(14)8-10-3-12(11-8)6-1-4(13)5(21-6)2-20-24(18,19)22-23(15,16)17/h3-6,13H,1-2H2,(H2,9,14)(H,18,19)(H2,15,16,17)/p-2/t4-,5+,6+/m0/s1. The van der Waals surface area contributed by atoms with E-state index in [2.05, 4.69) is 18.9 Å². The summed E-state index contributed by atoms with van der Waals surface area (Å²) in [5.41, 5.74) is 4.99. The van der Waals surface area contributed by atoms with Crippen molar-refractivity contribution in [2.45, 2.75) is 24.9 Å². The lowest BCUT2D eigenvalue weighted by Gasteiger charge is -2.30. The van der Waals surface area contributed by atoms with Crippen LogP contribution in [0.25, 0.3) is 0 Å². The number of hydrogen-bond acceptors (Lipinski definition) is 11. The summed E-state index contributed by atoms with van der Waals surface area (Å²) in [5, 5.41) is 13.5. The largest absolute Gasteiger partial charge is 0.789 e. The molecule has 4 atom stereocenters. The lowest BCUT2D eigenvalue weighted by atomic mass is 10.2. The number of hydrogen-bond donors (Lipinski definition) is 3. The summed E-state index contributed by atoms with van der Waals surface area (Å²) in [4.78, 5) is 44.2. The minimum Gasteiger partial charge on any atom is -0.789 e. The second-order valence-corrected chi connectivity index (χ2v) is 7.38. The zero-order chi connectivity index (χ0) is 18.1. The molecule has 1 amide bonds. The average molecular weight is 386 g/mol. The van der Waals surface area contributed by atoms with Gasteiger partial charge in [-0.3, -0.25) is 13.6 Å². The molecular formula is C8H12N4O10P2-2.